The van der Waals surface area contributed by atoms with Gasteiger partial charge < -0.3 is 19.9 Å². The summed E-state index contributed by atoms with van der Waals surface area (Å²) in [7, 11) is -3.22. The van der Waals surface area contributed by atoms with Crippen LogP contribution in [-0.2, 0) is 9.84 Å². The predicted octanol–water partition coefficient (Wildman–Crippen LogP) is 2.23. The van der Waals surface area contributed by atoms with Crippen molar-refractivity contribution in [1.29, 1.82) is 0 Å². The molecule has 154 valence electrons. The monoisotopic (exact) mass is 399 g/mol. The minimum absolute atomic E-state index is 0.0506. The van der Waals surface area contributed by atoms with Crippen LogP contribution in [0.2, 0.25) is 0 Å². The Morgan fingerprint density at radius 2 is 1.70 bits per heavy atom. The average molecular weight is 400 g/mol. The number of amides is 2. The summed E-state index contributed by atoms with van der Waals surface area (Å²) < 4.78 is 28.6. The topological polar surface area (TPSA) is 79.0 Å². The number of rotatable bonds is 11. The molecule has 0 aromatic heterocycles. The first-order valence-corrected chi connectivity index (χ1v) is 11.3. The number of ether oxygens (including phenoxy) is 1. The maximum atomic E-state index is 12.4. The van der Waals surface area contributed by atoms with Gasteiger partial charge in [0.1, 0.15) is 12.4 Å². The van der Waals surface area contributed by atoms with Gasteiger partial charge in [-0.3, -0.25) is 0 Å². The Balaban J connectivity index is 2.49. The molecule has 0 heterocycles. The molecule has 2 amide bonds. The molecule has 7 nitrogen and oxygen atoms in total. The van der Waals surface area contributed by atoms with Crippen LogP contribution in [0.15, 0.2) is 29.2 Å². The van der Waals surface area contributed by atoms with Crippen molar-refractivity contribution in [3.05, 3.63) is 24.3 Å². The highest BCUT2D eigenvalue weighted by atomic mass is 32.2. The minimum atomic E-state index is -3.22. The van der Waals surface area contributed by atoms with Crippen molar-refractivity contribution in [3.63, 3.8) is 0 Å². The van der Waals surface area contributed by atoms with Gasteiger partial charge in [0.15, 0.2) is 9.84 Å². The largest absolute Gasteiger partial charge is 0.492 e. The number of hydrogen-bond donors (Lipinski definition) is 1. The molecular weight excluding hydrogens is 366 g/mol. The maximum Gasteiger partial charge on any atom is 0.317 e. The van der Waals surface area contributed by atoms with Gasteiger partial charge in [-0.2, -0.15) is 0 Å². The van der Waals surface area contributed by atoms with E-state index in [0.29, 0.717) is 25.4 Å². The van der Waals surface area contributed by atoms with Crippen LogP contribution in [0.4, 0.5) is 4.79 Å². The number of benzene rings is 1. The van der Waals surface area contributed by atoms with Crippen LogP contribution in [-0.4, -0.2) is 75.9 Å². The fourth-order valence-corrected chi connectivity index (χ4v) is 3.23. The lowest BCUT2D eigenvalue weighted by atomic mass is 10.3. The van der Waals surface area contributed by atoms with E-state index in [1.54, 1.807) is 17.0 Å². The third-order valence-electron chi connectivity index (χ3n) is 4.34. The lowest BCUT2D eigenvalue weighted by Crippen LogP contribution is -2.47. The van der Waals surface area contributed by atoms with E-state index in [-0.39, 0.29) is 17.0 Å². The molecule has 0 fully saturated rings. The second kappa shape index (κ2) is 11.1. The second-order valence-electron chi connectivity index (χ2n) is 6.64. The van der Waals surface area contributed by atoms with Crippen LogP contribution in [0.25, 0.3) is 0 Å². The molecule has 0 radical (unpaired) electrons. The summed E-state index contributed by atoms with van der Waals surface area (Å²) in [5, 5.41) is 2.96. The molecule has 0 bridgehead atoms. The summed E-state index contributed by atoms with van der Waals surface area (Å²) in [6.07, 6.45) is 1.17. The smallest absolute Gasteiger partial charge is 0.317 e. The molecule has 0 unspecified atom stereocenters. The molecule has 1 aromatic rings. The summed E-state index contributed by atoms with van der Waals surface area (Å²) >= 11 is 0. The number of nitrogens with zero attached hydrogens (tertiary/aromatic N) is 2. The quantitative estimate of drug-likeness (QED) is 0.617. The van der Waals surface area contributed by atoms with Crippen molar-refractivity contribution in [1.82, 2.24) is 15.1 Å². The van der Waals surface area contributed by atoms with E-state index in [1.807, 2.05) is 13.8 Å². The zero-order valence-electron chi connectivity index (χ0n) is 17.1. The summed E-state index contributed by atoms with van der Waals surface area (Å²) in [4.78, 5) is 16.7. The molecule has 8 heteroatoms. The third-order valence-corrected chi connectivity index (χ3v) is 5.46. The maximum absolute atomic E-state index is 12.4. The predicted molar refractivity (Wildman–Crippen MR) is 108 cm³/mol. The fourth-order valence-electron chi connectivity index (χ4n) is 2.60. The molecule has 0 atom stereocenters. The van der Waals surface area contributed by atoms with Gasteiger partial charge in [0, 0.05) is 25.4 Å². The van der Waals surface area contributed by atoms with Gasteiger partial charge in [0.2, 0.25) is 0 Å². The molecule has 0 aliphatic rings. The molecule has 0 aliphatic heterocycles. The molecule has 27 heavy (non-hydrogen) atoms. The number of hydrogen-bond acceptors (Lipinski definition) is 5. The number of likely N-dealkylation sites (N-methyl/N-ethyl adjacent to an activating group) is 1. The molecule has 0 saturated heterocycles. The molecule has 0 spiro atoms. The fraction of sp³-hybridized carbons (Fsp3) is 0.632. The standard InChI is InChI=1S/C19H33N3O4S/c1-6-21(7-2)13-12-20-19(23)22(16(3)4)14-15-26-17-8-10-18(11-9-17)27(5,24)25/h8-11,16H,6-7,12-15H2,1-5H3,(H,20,23). The van der Waals surface area contributed by atoms with E-state index in [4.69, 9.17) is 4.74 Å². The first kappa shape index (κ1) is 23.2. The highest BCUT2D eigenvalue weighted by Crippen LogP contribution is 2.15. The molecular formula is C19H33N3O4S. The van der Waals surface area contributed by atoms with Crippen molar-refractivity contribution in [2.45, 2.75) is 38.6 Å². The highest BCUT2D eigenvalue weighted by molar-refractivity contribution is 7.90. The van der Waals surface area contributed by atoms with Crippen LogP contribution >= 0.6 is 0 Å². The lowest BCUT2D eigenvalue weighted by Gasteiger charge is -2.27. The number of carbonyl (C=O) groups excluding carboxylic acids is 1. The molecule has 0 saturated carbocycles. The summed E-state index contributed by atoms with van der Waals surface area (Å²) in [5.74, 6) is 0.577. The Labute approximate surface area is 163 Å². The highest BCUT2D eigenvalue weighted by Gasteiger charge is 2.16. The van der Waals surface area contributed by atoms with Gasteiger partial charge in [0.05, 0.1) is 11.4 Å². The summed E-state index contributed by atoms with van der Waals surface area (Å²) in [5.41, 5.74) is 0. The van der Waals surface area contributed by atoms with Gasteiger partial charge in [-0.15, -0.1) is 0 Å². The lowest BCUT2D eigenvalue weighted by molar-refractivity contribution is 0.165. The zero-order chi connectivity index (χ0) is 20.4. The van der Waals surface area contributed by atoms with Crippen molar-refractivity contribution < 1.29 is 17.9 Å². The Kier molecular flexibility index (Phi) is 9.59. The number of sulfone groups is 1. The molecule has 1 N–H and O–H groups in total. The van der Waals surface area contributed by atoms with Crippen molar-refractivity contribution in [2.75, 3.05) is 45.6 Å². The first-order chi connectivity index (χ1) is 12.7. The zero-order valence-corrected chi connectivity index (χ0v) is 17.9. The number of urea groups is 1. The van der Waals surface area contributed by atoms with E-state index in [2.05, 4.69) is 24.1 Å². The van der Waals surface area contributed by atoms with Crippen LogP contribution < -0.4 is 10.1 Å². The van der Waals surface area contributed by atoms with Crippen LogP contribution in [0, 0.1) is 0 Å². The van der Waals surface area contributed by atoms with Crippen molar-refractivity contribution >= 4 is 15.9 Å². The van der Waals surface area contributed by atoms with E-state index in [1.165, 1.54) is 18.4 Å². The van der Waals surface area contributed by atoms with Crippen molar-refractivity contribution in [2.24, 2.45) is 0 Å². The minimum Gasteiger partial charge on any atom is -0.492 e. The van der Waals surface area contributed by atoms with Gasteiger partial charge in [0.25, 0.3) is 0 Å². The Bertz CT molecular complexity index is 671. The number of nitrogens with one attached hydrogen (secondary N) is 1. The van der Waals surface area contributed by atoms with Crippen LogP contribution in [0.3, 0.4) is 0 Å². The Hall–Kier alpha value is -1.80. The van der Waals surface area contributed by atoms with Gasteiger partial charge >= 0.3 is 6.03 Å². The van der Waals surface area contributed by atoms with E-state index in [0.717, 1.165) is 19.6 Å². The average Bonchev–Trinajstić information content (AvgIpc) is 2.61. The van der Waals surface area contributed by atoms with Crippen LogP contribution in [0.1, 0.15) is 27.7 Å². The van der Waals surface area contributed by atoms with E-state index < -0.39 is 9.84 Å². The van der Waals surface area contributed by atoms with Crippen molar-refractivity contribution in [3.8, 4) is 5.75 Å². The molecule has 0 aliphatic carbocycles. The van der Waals surface area contributed by atoms with Gasteiger partial charge in [-0.1, -0.05) is 13.8 Å². The van der Waals surface area contributed by atoms with E-state index >= 15 is 0 Å². The molecule has 1 rings (SSSR count). The van der Waals surface area contributed by atoms with Crippen LogP contribution in [0.5, 0.6) is 5.75 Å². The number of carbonyl (C=O) groups is 1. The summed E-state index contributed by atoms with van der Waals surface area (Å²) in [6, 6.07) is 6.23. The summed E-state index contributed by atoms with van der Waals surface area (Å²) in [6.45, 7) is 12.3. The van der Waals surface area contributed by atoms with Gasteiger partial charge in [-0.25, -0.2) is 13.2 Å². The Morgan fingerprint density at radius 1 is 1.11 bits per heavy atom. The second-order valence-corrected chi connectivity index (χ2v) is 8.65. The first-order valence-electron chi connectivity index (χ1n) is 9.38. The van der Waals surface area contributed by atoms with E-state index in [9.17, 15) is 13.2 Å². The normalized spacial score (nSPS) is 11.7. The SMILES string of the molecule is CCN(CC)CCNC(=O)N(CCOc1ccc(S(C)(=O)=O)cc1)C(C)C. The van der Waals surface area contributed by atoms with Gasteiger partial charge in [-0.05, 0) is 51.2 Å². The third kappa shape index (κ3) is 8.17. The molecule has 1 aromatic carbocycles. The Morgan fingerprint density at radius 3 is 2.19 bits per heavy atom.